The number of alkyl halides is 1. The normalized spacial score (nSPS) is 22.4. The molecule has 1 aromatic rings. The van der Waals surface area contributed by atoms with E-state index in [0.29, 0.717) is 5.75 Å². The minimum Gasteiger partial charge on any atom is -0.508 e. The number of nitrogens with zero attached hydrogens (tertiary/aromatic N) is 1. The maximum Gasteiger partial charge on any atom is 0.115 e. The lowest BCUT2D eigenvalue weighted by Gasteiger charge is -2.33. The first kappa shape index (κ1) is 9.66. The number of rotatable bonds is 1. The van der Waals surface area contributed by atoms with Crippen LogP contribution < -0.4 is 4.90 Å². The molecule has 1 atom stereocenters. The third-order valence-corrected chi connectivity index (χ3v) is 3.06. The molecule has 1 aromatic carbocycles. The molecule has 0 aromatic heterocycles. The lowest BCUT2D eigenvalue weighted by Crippen LogP contribution is -2.35. The van der Waals surface area contributed by atoms with Gasteiger partial charge in [-0.15, -0.1) is 0 Å². The summed E-state index contributed by atoms with van der Waals surface area (Å²) in [5.41, 5.74) is 1.20. The summed E-state index contributed by atoms with van der Waals surface area (Å²) in [4.78, 5) is 2.19. The second kappa shape index (κ2) is 4.09. The zero-order valence-electron chi connectivity index (χ0n) is 7.99. The zero-order valence-corrected chi connectivity index (χ0v) is 8.74. The van der Waals surface area contributed by atoms with E-state index < -0.39 is 0 Å². The number of halogens is 1. The van der Waals surface area contributed by atoms with Crippen molar-refractivity contribution in [1.82, 2.24) is 0 Å². The average Bonchev–Trinajstić information content (AvgIpc) is 2.20. The molecule has 14 heavy (non-hydrogen) atoms. The number of aromatic hydroxyl groups is 1. The van der Waals surface area contributed by atoms with Crippen molar-refractivity contribution in [3.8, 4) is 5.75 Å². The SMILES string of the molecule is Oc1ccc(N2CCCCC2Cl)cc1. The molecule has 2 nitrogen and oxygen atoms in total. The number of hydrogen-bond donors (Lipinski definition) is 1. The van der Waals surface area contributed by atoms with Crippen LogP contribution in [0, 0.1) is 0 Å². The van der Waals surface area contributed by atoms with Crippen LogP contribution >= 0.6 is 11.6 Å². The van der Waals surface area contributed by atoms with Crippen molar-refractivity contribution in [3.05, 3.63) is 24.3 Å². The van der Waals surface area contributed by atoms with Gasteiger partial charge in [0.1, 0.15) is 11.3 Å². The molecule has 76 valence electrons. The Morgan fingerprint density at radius 1 is 1.21 bits per heavy atom. The third-order valence-electron chi connectivity index (χ3n) is 2.61. The summed E-state index contributed by atoms with van der Waals surface area (Å²) in [5, 5.41) is 9.17. The van der Waals surface area contributed by atoms with Crippen LogP contribution in [0.3, 0.4) is 0 Å². The molecule has 0 aliphatic carbocycles. The number of piperidine rings is 1. The molecule has 1 N–H and O–H groups in total. The number of benzene rings is 1. The Labute approximate surface area is 89.1 Å². The molecule has 2 rings (SSSR count). The van der Waals surface area contributed by atoms with Gasteiger partial charge in [-0.2, -0.15) is 0 Å². The Kier molecular flexibility index (Phi) is 2.82. The highest BCUT2D eigenvalue weighted by Crippen LogP contribution is 2.27. The van der Waals surface area contributed by atoms with Gasteiger partial charge in [0.25, 0.3) is 0 Å². The van der Waals surface area contributed by atoms with Gasteiger partial charge >= 0.3 is 0 Å². The van der Waals surface area contributed by atoms with E-state index in [9.17, 15) is 0 Å². The molecule has 1 aliphatic heterocycles. The highest BCUT2D eigenvalue weighted by molar-refractivity contribution is 6.21. The fraction of sp³-hybridized carbons (Fsp3) is 0.455. The first-order valence-corrected chi connectivity index (χ1v) is 5.41. The van der Waals surface area contributed by atoms with Crippen LogP contribution in [0.5, 0.6) is 5.75 Å². The lowest BCUT2D eigenvalue weighted by molar-refractivity contribution is 0.475. The van der Waals surface area contributed by atoms with Gasteiger partial charge in [0.15, 0.2) is 0 Å². The van der Waals surface area contributed by atoms with Crippen molar-refractivity contribution >= 4 is 17.3 Å². The summed E-state index contributed by atoms with van der Waals surface area (Å²) in [6.07, 6.45) is 3.45. The Morgan fingerprint density at radius 3 is 2.57 bits per heavy atom. The predicted molar refractivity (Wildman–Crippen MR) is 58.9 cm³/mol. The highest BCUT2D eigenvalue weighted by atomic mass is 35.5. The fourth-order valence-corrected chi connectivity index (χ4v) is 2.19. The minimum atomic E-state index is 0.105. The molecule has 0 spiro atoms. The molecule has 1 aliphatic rings. The van der Waals surface area contributed by atoms with Crippen molar-refractivity contribution in [2.45, 2.75) is 24.8 Å². The topological polar surface area (TPSA) is 23.5 Å². The van der Waals surface area contributed by atoms with E-state index in [1.165, 1.54) is 12.8 Å². The second-order valence-corrected chi connectivity index (χ2v) is 4.14. The smallest absolute Gasteiger partial charge is 0.115 e. The van der Waals surface area contributed by atoms with Crippen LogP contribution in [0.15, 0.2) is 24.3 Å². The van der Waals surface area contributed by atoms with Crippen LogP contribution in [-0.4, -0.2) is 17.2 Å². The van der Waals surface area contributed by atoms with Crippen LogP contribution in [0.4, 0.5) is 5.69 Å². The van der Waals surface area contributed by atoms with Gasteiger partial charge < -0.3 is 10.0 Å². The molecule has 3 heteroatoms. The number of anilines is 1. The molecule has 1 unspecified atom stereocenters. The molecular formula is C11H14ClNO. The van der Waals surface area contributed by atoms with Crippen molar-refractivity contribution in [3.63, 3.8) is 0 Å². The molecule has 1 saturated heterocycles. The molecule has 0 radical (unpaired) electrons. The molecule has 1 heterocycles. The van der Waals surface area contributed by atoms with Crippen LogP contribution in [0.2, 0.25) is 0 Å². The highest BCUT2D eigenvalue weighted by Gasteiger charge is 2.19. The Morgan fingerprint density at radius 2 is 1.93 bits per heavy atom. The van der Waals surface area contributed by atoms with E-state index in [1.807, 2.05) is 12.1 Å². The van der Waals surface area contributed by atoms with Crippen LogP contribution in [-0.2, 0) is 0 Å². The van der Waals surface area contributed by atoms with Gasteiger partial charge in [0, 0.05) is 12.2 Å². The quantitative estimate of drug-likeness (QED) is 0.570. The predicted octanol–water partition coefficient (Wildman–Crippen LogP) is 2.95. The number of phenols is 1. The van der Waals surface area contributed by atoms with Crippen molar-refractivity contribution < 1.29 is 5.11 Å². The largest absolute Gasteiger partial charge is 0.508 e. The number of hydrogen-bond acceptors (Lipinski definition) is 2. The molecule has 0 saturated carbocycles. The van der Waals surface area contributed by atoms with Crippen molar-refractivity contribution in [2.24, 2.45) is 0 Å². The number of phenolic OH excluding ortho intramolecular Hbond substituents is 1. The van der Waals surface area contributed by atoms with Gasteiger partial charge in [0.2, 0.25) is 0 Å². The summed E-state index contributed by atoms with van der Waals surface area (Å²) >= 11 is 6.22. The van der Waals surface area contributed by atoms with E-state index in [0.717, 1.165) is 18.7 Å². The molecular weight excluding hydrogens is 198 g/mol. The maximum atomic E-state index is 9.17. The monoisotopic (exact) mass is 211 g/mol. The van der Waals surface area contributed by atoms with E-state index in [4.69, 9.17) is 16.7 Å². The summed E-state index contributed by atoms with van der Waals surface area (Å²) in [6, 6.07) is 7.23. The first-order valence-electron chi connectivity index (χ1n) is 4.97. The van der Waals surface area contributed by atoms with E-state index in [-0.39, 0.29) is 5.50 Å². The zero-order chi connectivity index (χ0) is 9.97. The van der Waals surface area contributed by atoms with E-state index in [2.05, 4.69) is 4.90 Å². The second-order valence-electron chi connectivity index (χ2n) is 3.64. The van der Waals surface area contributed by atoms with Gasteiger partial charge in [-0.05, 0) is 43.5 Å². The first-order chi connectivity index (χ1) is 6.77. The van der Waals surface area contributed by atoms with Crippen LogP contribution in [0.1, 0.15) is 19.3 Å². The lowest BCUT2D eigenvalue weighted by atomic mass is 10.1. The van der Waals surface area contributed by atoms with Crippen molar-refractivity contribution in [1.29, 1.82) is 0 Å². The summed E-state index contributed by atoms with van der Waals surface area (Å²) in [5.74, 6) is 0.303. The molecule has 0 bridgehead atoms. The average molecular weight is 212 g/mol. The maximum absolute atomic E-state index is 9.17. The standard InChI is InChI=1S/C11H14ClNO/c12-11-3-1-2-8-13(11)9-4-6-10(14)7-5-9/h4-7,11,14H,1-3,8H2. The summed E-state index contributed by atoms with van der Waals surface area (Å²) in [6.45, 7) is 1.01. The minimum absolute atomic E-state index is 0.105. The Hall–Kier alpha value is -0.890. The third kappa shape index (κ3) is 1.95. The molecule has 1 fully saturated rings. The van der Waals surface area contributed by atoms with Gasteiger partial charge in [-0.1, -0.05) is 11.6 Å². The summed E-state index contributed by atoms with van der Waals surface area (Å²) in [7, 11) is 0. The fourth-order valence-electron chi connectivity index (χ4n) is 1.83. The Bertz CT molecular complexity index is 299. The van der Waals surface area contributed by atoms with Gasteiger partial charge in [-0.25, -0.2) is 0 Å². The van der Waals surface area contributed by atoms with Crippen molar-refractivity contribution in [2.75, 3.05) is 11.4 Å². The van der Waals surface area contributed by atoms with Gasteiger partial charge in [-0.3, -0.25) is 0 Å². The summed E-state index contributed by atoms with van der Waals surface area (Å²) < 4.78 is 0. The Balaban J connectivity index is 2.16. The molecule has 0 amide bonds. The van der Waals surface area contributed by atoms with E-state index in [1.54, 1.807) is 12.1 Å². The van der Waals surface area contributed by atoms with Crippen LogP contribution in [0.25, 0.3) is 0 Å². The van der Waals surface area contributed by atoms with E-state index >= 15 is 0 Å². The van der Waals surface area contributed by atoms with Gasteiger partial charge in [0.05, 0.1) is 0 Å².